The van der Waals surface area contributed by atoms with Crippen molar-refractivity contribution < 1.29 is 4.79 Å². The Morgan fingerprint density at radius 3 is 2.22 bits per heavy atom. The van der Waals surface area contributed by atoms with Crippen LogP contribution < -0.4 is 5.73 Å². The molecule has 0 rings (SSSR count). The molecule has 0 fully saturated rings. The Kier molecular flexibility index (Phi) is 4.11. The summed E-state index contributed by atoms with van der Waals surface area (Å²) in [5, 5.41) is 0.622. The Balaban J connectivity index is 3.73. The molecule has 2 nitrogen and oxygen atoms in total. The molecule has 0 bridgehead atoms. The van der Waals surface area contributed by atoms with Crippen molar-refractivity contribution in [2.45, 2.75) is 25.2 Å². The van der Waals surface area contributed by atoms with Crippen molar-refractivity contribution in [3.63, 3.8) is 0 Å². The van der Waals surface area contributed by atoms with Crippen LogP contribution in [-0.2, 0) is 4.79 Å². The maximum absolute atomic E-state index is 10.9. The molecule has 2 N–H and O–H groups in total. The molecule has 0 amide bonds. The van der Waals surface area contributed by atoms with Gasteiger partial charge in [-0.15, -0.1) is 0 Å². The van der Waals surface area contributed by atoms with E-state index in [1.54, 1.807) is 0 Å². The number of carbonyl (C=O) groups excluding carboxylic acids is 1. The van der Waals surface area contributed by atoms with Crippen LogP contribution in [0.5, 0.6) is 0 Å². The van der Waals surface area contributed by atoms with Crippen molar-refractivity contribution >= 4 is 21.8 Å². The third-order valence-electron chi connectivity index (χ3n) is 1.11. The summed E-state index contributed by atoms with van der Waals surface area (Å²) in [5.74, 6) is 0.196. The number of nitrogens with two attached hydrogens (primary N) is 1. The van der Waals surface area contributed by atoms with Gasteiger partial charge in [0, 0.05) is 0 Å². The molecule has 0 heterocycles. The van der Waals surface area contributed by atoms with E-state index in [9.17, 15) is 4.79 Å². The quantitative estimate of drug-likeness (QED) is 0.647. The SMILES string of the molecule is CC(C)C(=O)[C@@H](N)C[Se]. The Morgan fingerprint density at radius 1 is 1.67 bits per heavy atom. The van der Waals surface area contributed by atoms with Crippen LogP contribution in [0.4, 0.5) is 0 Å². The predicted molar refractivity (Wildman–Crippen MR) is 38.4 cm³/mol. The molecule has 53 valence electrons. The number of hydrogen-bond acceptors (Lipinski definition) is 2. The first-order valence-electron chi connectivity index (χ1n) is 2.97. The summed E-state index contributed by atoms with van der Waals surface area (Å²) >= 11 is 2.73. The van der Waals surface area contributed by atoms with Gasteiger partial charge in [0.25, 0.3) is 0 Å². The maximum atomic E-state index is 10.9. The normalized spacial score (nSPS) is 13.9. The van der Waals surface area contributed by atoms with E-state index < -0.39 is 0 Å². The van der Waals surface area contributed by atoms with Crippen molar-refractivity contribution in [1.82, 2.24) is 0 Å². The van der Waals surface area contributed by atoms with Gasteiger partial charge in [-0.05, 0) is 0 Å². The molecule has 0 aliphatic heterocycles. The zero-order chi connectivity index (χ0) is 7.44. The zero-order valence-electron chi connectivity index (χ0n) is 5.76. The Hall–Kier alpha value is 0.149. The average molecular weight is 193 g/mol. The second-order valence-electron chi connectivity index (χ2n) is 2.33. The molecule has 0 aromatic rings. The topological polar surface area (TPSA) is 43.1 Å². The van der Waals surface area contributed by atoms with Crippen LogP contribution in [0.1, 0.15) is 13.8 Å². The third-order valence-corrected chi connectivity index (χ3v) is 1.87. The molecule has 0 aliphatic rings. The molecule has 0 aromatic heterocycles. The number of Topliss-reactive ketones (excluding diaryl/α,β-unsaturated/α-hetero) is 1. The molecule has 3 heteroatoms. The first kappa shape index (κ1) is 9.15. The van der Waals surface area contributed by atoms with E-state index in [1.165, 1.54) is 0 Å². The molecule has 1 atom stereocenters. The molecular weight excluding hydrogens is 181 g/mol. The van der Waals surface area contributed by atoms with Crippen LogP contribution in [0.15, 0.2) is 0 Å². The van der Waals surface area contributed by atoms with Gasteiger partial charge in [0.2, 0.25) is 0 Å². The van der Waals surface area contributed by atoms with Crippen LogP contribution >= 0.6 is 0 Å². The van der Waals surface area contributed by atoms with Gasteiger partial charge in [0.15, 0.2) is 0 Å². The van der Waals surface area contributed by atoms with Crippen LogP contribution in [0, 0.1) is 5.92 Å². The van der Waals surface area contributed by atoms with Crippen LogP contribution in [0.2, 0.25) is 5.32 Å². The molecule has 0 spiro atoms. The number of rotatable bonds is 3. The Morgan fingerprint density at radius 2 is 2.11 bits per heavy atom. The van der Waals surface area contributed by atoms with Crippen molar-refractivity contribution in [2.24, 2.45) is 11.7 Å². The molecule has 0 aromatic carbocycles. The molecule has 0 saturated heterocycles. The van der Waals surface area contributed by atoms with Crippen molar-refractivity contribution in [2.75, 3.05) is 0 Å². The summed E-state index contributed by atoms with van der Waals surface area (Å²) < 4.78 is 0. The second kappa shape index (κ2) is 4.04. The van der Waals surface area contributed by atoms with E-state index in [0.717, 1.165) is 0 Å². The Bertz CT molecular complexity index is 103. The van der Waals surface area contributed by atoms with Crippen LogP contribution in [0.3, 0.4) is 0 Å². The second-order valence-corrected chi connectivity index (χ2v) is 3.03. The number of hydrogen-bond donors (Lipinski definition) is 1. The average Bonchev–Trinajstić information content (AvgIpc) is 1.84. The van der Waals surface area contributed by atoms with Gasteiger partial charge in [0.05, 0.1) is 0 Å². The van der Waals surface area contributed by atoms with Crippen molar-refractivity contribution in [3.05, 3.63) is 0 Å². The van der Waals surface area contributed by atoms with Gasteiger partial charge < -0.3 is 0 Å². The fraction of sp³-hybridized carbons (Fsp3) is 0.833. The number of ketones is 1. The molecule has 9 heavy (non-hydrogen) atoms. The molecule has 0 unspecified atom stereocenters. The minimum absolute atomic E-state index is 0.0633. The van der Waals surface area contributed by atoms with E-state index in [0.29, 0.717) is 5.32 Å². The van der Waals surface area contributed by atoms with Gasteiger partial charge in [-0.1, -0.05) is 0 Å². The summed E-state index contributed by atoms with van der Waals surface area (Å²) in [6, 6.07) is -0.301. The fourth-order valence-electron chi connectivity index (χ4n) is 0.510. The molecule has 0 saturated carbocycles. The minimum atomic E-state index is -0.301. The van der Waals surface area contributed by atoms with Crippen LogP contribution in [-0.4, -0.2) is 27.8 Å². The molecule has 0 aliphatic carbocycles. The van der Waals surface area contributed by atoms with E-state index in [4.69, 9.17) is 5.73 Å². The van der Waals surface area contributed by atoms with Crippen LogP contribution in [0.25, 0.3) is 0 Å². The fourth-order valence-corrected chi connectivity index (χ4v) is 0.855. The van der Waals surface area contributed by atoms with Gasteiger partial charge >= 0.3 is 63.5 Å². The molecule has 1 radical (unpaired) electrons. The number of carbonyl (C=O) groups is 1. The first-order chi connectivity index (χ1) is 4.09. The summed E-state index contributed by atoms with van der Waals surface area (Å²) in [5.41, 5.74) is 5.44. The van der Waals surface area contributed by atoms with Gasteiger partial charge in [0.1, 0.15) is 0 Å². The summed E-state index contributed by atoms with van der Waals surface area (Å²) in [6.07, 6.45) is 0. The summed E-state index contributed by atoms with van der Waals surface area (Å²) in [7, 11) is 0. The van der Waals surface area contributed by atoms with E-state index in [1.807, 2.05) is 13.8 Å². The Labute approximate surface area is 64.0 Å². The van der Waals surface area contributed by atoms with Gasteiger partial charge in [-0.3, -0.25) is 0 Å². The zero-order valence-corrected chi connectivity index (χ0v) is 7.47. The first-order valence-corrected chi connectivity index (χ1v) is 4.18. The van der Waals surface area contributed by atoms with E-state index in [2.05, 4.69) is 16.0 Å². The monoisotopic (exact) mass is 194 g/mol. The molecular formula is C6H12NOSe. The van der Waals surface area contributed by atoms with E-state index in [-0.39, 0.29) is 17.7 Å². The van der Waals surface area contributed by atoms with Gasteiger partial charge in [-0.2, -0.15) is 0 Å². The summed E-state index contributed by atoms with van der Waals surface area (Å²) in [6.45, 7) is 3.72. The third kappa shape index (κ3) is 2.99. The summed E-state index contributed by atoms with van der Waals surface area (Å²) in [4.78, 5) is 10.9. The van der Waals surface area contributed by atoms with Gasteiger partial charge in [-0.25, -0.2) is 0 Å². The van der Waals surface area contributed by atoms with E-state index >= 15 is 0 Å². The van der Waals surface area contributed by atoms with Crippen molar-refractivity contribution in [3.8, 4) is 0 Å². The standard InChI is InChI=1S/C6H12NOSe/c1-4(2)6(8)5(7)3-9/h4-5H,3,7H2,1-2H3/t5-/m0/s1. The predicted octanol–water partition coefficient (Wildman–Crippen LogP) is 0.126. The van der Waals surface area contributed by atoms with Crippen molar-refractivity contribution in [1.29, 1.82) is 0 Å².